The molecule has 44 heavy (non-hydrogen) atoms. The standard InChI is InChI=1S/C37H39N3O4/c1-37(2,3)26-13-16-27(17-14-26)44-28-15-12-24-19-33(39-32(30(24)21-28)18-23-8-4-5-9-23)35(41)40-34(36(42)43)20-25-22-38-31-11-7-6-10-29(25)31/h6-7,10-17,19,21-23,34,38H,4-5,8-9,18,20H2,1-3H3,(H,40,41)(H,42,43)/t34-/m0/s1. The first-order valence-corrected chi connectivity index (χ1v) is 15.4. The second-order valence-corrected chi connectivity index (χ2v) is 13.0. The number of carboxylic acid groups (broad SMARTS) is 1. The molecule has 3 aromatic carbocycles. The van der Waals surface area contributed by atoms with E-state index in [-0.39, 0.29) is 17.5 Å². The number of carboxylic acids is 1. The van der Waals surface area contributed by atoms with Gasteiger partial charge in [0.1, 0.15) is 23.2 Å². The van der Waals surface area contributed by atoms with E-state index in [1.54, 1.807) is 12.3 Å². The lowest BCUT2D eigenvalue weighted by atomic mass is 9.87. The van der Waals surface area contributed by atoms with E-state index in [2.05, 4.69) is 43.2 Å². The molecule has 0 unspecified atom stereocenters. The molecule has 3 N–H and O–H groups in total. The van der Waals surface area contributed by atoms with Crippen molar-refractivity contribution >= 4 is 33.6 Å². The first-order valence-electron chi connectivity index (χ1n) is 15.4. The lowest BCUT2D eigenvalue weighted by Gasteiger charge is -2.19. The molecule has 2 heterocycles. The SMILES string of the molecule is CC(C)(C)c1ccc(Oc2ccc3cc(C(=O)N[C@@H](Cc4c[nH]c5ccccc45)C(=O)O)nc(CC4CCCC4)c3c2)cc1. The van der Waals surface area contributed by atoms with Gasteiger partial charge in [0, 0.05) is 34.6 Å². The van der Waals surface area contributed by atoms with Crippen molar-refractivity contribution in [2.24, 2.45) is 5.92 Å². The lowest BCUT2D eigenvalue weighted by molar-refractivity contribution is -0.139. The lowest BCUT2D eigenvalue weighted by Crippen LogP contribution is -2.42. The second-order valence-electron chi connectivity index (χ2n) is 13.0. The number of para-hydroxylation sites is 1. The molecule has 1 amide bonds. The number of carbonyl (C=O) groups excluding carboxylic acids is 1. The van der Waals surface area contributed by atoms with Crippen LogP contribution in [0.1, 0.15) is 73.8 Å². The minimum absolute atomic E-state index is 0.0627. The van der Waals surface area contributed by atoms with Crippen molar-refractivity contribution in [3.8, 4) is 11.5 Å². The van der Waals surface area contributed by atoms with Crippen molar-refractivity contribution in [1.82, 2.24) is 15.3 Å². The number of fused-ring (bicyclic) bond motifs is 2. The predicted molar refractivity (Wildman–Crippen MR) is 174 cm³/mol. The Labute approximate surface area is 257 Å². The Hall–Kier alpha value is -4.65. The zero-order chi connectivity index (χ0) is 30.8. The van der Waals surface area contributed by atoms with Crippen molar-refractivity contribution in [1.29, 1.82) is 0 Å². The van der Waals surface area contributed by atoms with Gasteiger partial charge in [-0.1, -0.05) is 82.9 Å². The van der Waals surface area contributed by atoms with Crippen LogP contribution in [0.2, 0.25) is 0 Å². The number of hydrogen-bond donors (Lipinski definition) is 3. The fraction of sp³-hybridized carbons (Fsp3) is 0.324. The molecule has 2 aromatic heterocycles. The largest absolute Gasteiger partial charge is 0.480 e. The van der Waals surface area contributed by atoms with Gasteiger partial charge in [-0.05, 0) is 70.7 Å². The highest BCUT2D eigenvalue weighted by Gasteiger charge is 2.25. The highest BCUT2D eigenvalue weighted by Crippen LogP contribution is 2.33. The summed E-state index contributed by atoms with van der Waals surface area (Å²) in [5.74, 6) is 0.386. The van der Waals surface area contributed by atoms with Crippen molar-refractivity contribution < 1.29 is 19.4 Å². The van der Waals surface area contributed by atoms with Gasteiger partial charge in [0.25, 0.3) is 5.91 Å². The maximum Gasteiger partial charge on any atom is 0.326 e. The summed E-state index contributed by atoms with van der Waals surface area (Å²) in [5.41, 5.74) is 4.13. The number of hydrogen-bond acceptors (Lipinski definition) is 4. The molecule has 0 radical (unpaired) electrons. The van der Waals surface area contributed by atoms with Crippen LogP contribution in [0.4, 0.5) is 0 Å². The van der Waals surface area contributed by atoms with Gasteiger partial charge < -0.3 is 20.1 Å². The average molecular weight is 590 g/mol. The van der Waals surface area contributed by atoms with Crippen LogP contribution >= 0.6 is 0 Å². The fourth-order valence-electron chi connectivity index (χ4n) is 6.23. The number of benzene rings is 3. The first-order chi connectivity index (χ1) is 21.1. The van der Waals surface area contributed by atoms with Crippen LogP contribution in [-0.2, 0) is 23.1 Å². The number of aliphatic carboxylic acids is 1. The summed E-state index contributed by atoms with van der Waals surface area (Å²) in [6, 6.07) is 22.4. The molecule has 7 heteroatoms. The molecule has 0 saturated heterocycles. The van der Waals surface area contributed by atoms with Crippen LogP contribution in [0.3, 0.4) is 0 Å². The van der Waals surface area contributed by atoms with Crippen LogP contribution in [0.25, 0.3) is 21.7 Å². The van der Waals surface area contributed by atoms with Crippen LogP contribution in [0.15, 0.2) is 79.0 Å². The second kappa shape index (κ2) is 12.2. The molecular formula is C37H39N3O4. The molecule has 0 bridgehead atoms. The molecule has 1 fully saturated rings. The topological polar surface area (TPSA) is 104 Å². The summed E-state index contributed by atoms with van der Waals surface area (Å²) in [6.45, 7) is 6.56. The zero-order valence-corrected chi connectivity index (χ0v) is 25.5. The molecule has 1 atom stereocenters. The summed E-state index contributed by atoms with van der Waals surface area (Å²) in [4.78, 5) is 33.8. The molecule has 6 rings (SSSR count). The Kier molecular flexibility index (Phi) is 8.13. The number of ether oxygens (including phenoxy) is 1. The zero-order valence-electron chi connectivity index (χ0n) is 25.5. The van der Waals surface area contributed by atoms with Gasteiger partial charge in [0.15, 0.2) is 0 Å². The molecule has 226 valence electrons. The fourth-order valence-corrected chi connectivity index (χ4v) is 6.23. The summed E-state index contributed by atoms with van der Waals surface area (Å²) in [6.07, 6.45) is 7.42. The number of aromatic nitrogens is 2. The quantitative estimate of drug-likeness (QED) is 0.162. The molecule has 0 spiro atoms. The minimum Gasteiger partial charge on any atom is -0.480 e. The Morgan fingerprint density at radius 2 is 1.70 bits per heavy atom. The molecule has 5 aromatic rings. The number of amides is 1. The Balaban J connectivity index is 1.27. The van der Waals surface area contributed by atoms with Gasteiger partial charge >= 0.3 is 5.97 Å². The number of pyridine rings is 1. The van der Waals surface area contributed by atoms with Gasteiger partial charge in [-0.15, -0.1) is 0 Å². The third-order valence-corrected chi connectivity index (χ3v) is 8.73. The van der Waals surface area contributed by atoms with E-state index in [4.69, 9.17) is 9.72 Å². The Bertz CT molecular complexity index is 1810. The van der Waals surface area contributed by atoms with E-state index in [1.807, 2.05) is 54.6 Å². The minimum atomic E-state index is -1.10. The number of rotatable bonds is 9. The third kappa shape index (κ3) is 6.47. The van der Waals surface area contributed by atoms with Crippen LogP contribution in [-0.4, -0.2) is 33.0 Å². The van der Waals surface area contributed by atoms with Crippen molar-refractivity contribution in [2.45, 2.75) is 70.8 Å². The molecule has 1 aliphatic rings. The van der Waals surface area contributed by atoms with Crippen LogP contribution in [0.5, 0.6) is 11.5 Å². The normalized spacial score (nSPS) is 14.6. The maximum atomic E-state index is 13.5. The molecule has 0 aliphatic heterocycles. The van der Waals surface area contributed by atoms with E-state index in [9.17, 15) is 14.7 Å². The summed E-state index contributed by atoms with van der Waals surface area (Å²) in [7, 11) is 0. The number of aromatic amines is 1. The van der Waals surface area contributed by atoms with Gasteiger partial charge in [0.05, 0.1) is 0 Å². The third-order valence-electron chi connectivity index (χ3n) is 8.73. The molecule has 1 aliphatic carbocycles. The van der Waals surface area contributed by atoms with Gasteiger partial charge in [0.2, 0.25) is 0 Å². The van der Waals surface area contributed by atoms with E-state index >= 15 is 0 Å². The molecule has 1 saturated carbocycles. The van der Waals surface area contributed by atoms with Crippen molar-refractivity contribution in [2.75, 3.05) is 0 Å². The highest BCUT2D eigenvalue weighted by atomic mass is 16.5. The number of H-pyrrole nitrogens is 1. The van der Waals surface area contributed by atoms with Gasteiger partial charge in [-0.25, -0.2) is 9.78 Å². The smallest absolute Gasteiger partial charge is 0.326 e. The number of carbonyl (C=O) groups is 2. The van der Waals surface area contributed by atoms with Crippen molar-refractivity contribution in [3.63, 3.8) is 0 Å². The van der Waals surface area contributed by atoms with E-state index in [0.29, 0.717) is 11.7 Å². The predicted octanol–water partition coefficient (Wildman–Crippen LogP) is 7.96. The van der Waals surface area contributed by atoms with E-state index < -0.39 is 17.9 Å². The summed E-state index contributed by atoms with van der Waals surface area (Å²) in [5, 5.41) is 15.5. The Morgan fingerprint density at radius 3 is 2.43 bits per heavy atom. The van der Waals surface area contributed by atoms with E-state index in [1.165, 1.54) is 18.4 Å². The summed E-state index contributed by atoms with van der Waals surface area (Å²) >= 11 is 0. The average Bonchev–Trinajstić information content (AvgIpc) is 3.67. The van der Waals surface area contributed by atoms with Crippen molar-refractivity contribution in [3.05, 3.63) is 102 Å². The monoisotopic (exact) mass is 589 g/mol. The van der Waals surface area contributed by atoms with E-state index in [0.717, 1.165) is 57.9 Å². The highest BCUT2D eigenvalue weighted by molar-refractivity contribution is 5.99. The van der Waals surface area contributed by atoms with Crippen LogP contribution < -0.4 is 10.1 Å². The number of nitrogens with zero attached hydrogens (tertiary/aromatic N) is 1. The molecular weight excluding hydrogens is 550 g/mol. The Morgan fingerprint density at radius 1 is 0.977 bits per heavy atom. The van der Waals surface area contributed by atoms with Gasteiger partial charge in [-0.2, -0.15) is 0 Å². The van der Waals surface area contributed by atoms with Gasteiger partial charge in [-0.3, -0.25) is 4.79 Å². The maximum absolute atomic E-state index is 13.5. The number of nitrogens with one attached hydrogen (secondary N) is 2. The summed E-state index contributed by atoms with van der Waals surface area (Å²) < 4.78 is 6.24. The van der Waals surface area contributed by atoms with Crippen LogP contribution in [0, 0.1) is 5.92 Å². The first kappa shape index (κ1) is 29.4. The molecule has 7 nitrogen and oxygen atoms in total.